The summed E-state index contributed by atoms with van der Waals surface area (Å²) >= 11 is 0. The van der Waals surface area contributed by atoms with Crippen LogP contribution < -0.4 is 5.73 Å². The van der Waals surface area contributed by atoms with E-state index in [0.717, 1.165) is 6.07 Å². The van der Waals surface area contributed by atoms with Crippen LogP contribution in [0.3, 0.4) is 0 Å². The van der Waals surface area contributed by atoms with Crippen LogP contribution in [0.2, 0.25) is 0 Å². The van der Waals surface area contributed by atoms with Crippen molar-refractivity contribution in [2.45, 2.75) is 13.1 Å². The van der Waals surface area contributed by atoms with E-state index >= 15 is 0 Å². The molecule has 90 valence electrons. The fraction of sp³-hybridized carbons (Fsp3) is 0.182. The smallest absolute Gasteiger partial charge is 0.398 e. The molecule has 0 bridgehead atoms. The van der Waals surface area contributed by atoms with Crippen LogP contribution in [0.5, 0.6) is 0 Å². The molecule has 1 heterocycles. The Morgan fingerprint density at radius 2 is 1.88 bits per heavy atom. The van der Waals surface area contributed by atoms with Crippen molar-refractivity contribution in [1.29, 1.82) is 0 Å². The van der Waals surface area contributed by atoms with Gasteiger partial charge in [-0.2, -0.15) is 13.2 Å². The highest BCUT2D eigenvalue weighted by Crippen LogP contribution is 2.33. The zero-order valence-electron chi connectivity index (χ0n) is 8.77. The van der Waals surface area contributed by atoms with Gasteiger partial charge >= 0.3 is 6.18 Å². The van der Waals surface area contributed by atoms with Crippen molar-refractivity contribution in [3.05, 3.63) is 35.3 Å². The van der Waals surface area contributed by atoms with E-state index in [-0.39, 0.29) is 16.6 Å². The lowest BCUT2D eigenvalue weighted by Crippen LogP contribution is -2.10. The molecule has 6 heteroatoms. The van der Waals surface area contributed by atoms with Crippen LogP contribution in [0.1, 0.15) is 11.3 Å². The van der Waals surface area contributed by atoms with Gasteiger partial charge in [0, 0.05) is 5.69 Å². The normalized spacial score (nSPS) is 12.1. The van der Waals surface area contributed by atoms with Crippen LogP contribution in [-0.4, -0.2) is 4.98 Å². The number of halogens is 4. The minimum Gasteiger partial charge on any atom is -0.398 e. The third-order valence-electron chi connectivity index (χ3n) is 2.43. The number of alkyl halides is 3. The molecular weight excluding hydrogens is 236 g/mol. The first-order valence-electron chi connectivity index (χ1n) is 4.73. The van der Waals surface area contributed by atoms with E-state index in [2.05, 4.69) is 4.98 Å². The Hall–Kier alpha value is -1.85. The quantitative estimate of drug-likeness (QED) is 0.722. The van der Waals surface area contributed by atoms with Gasteiger partial charge in [-0.3, -0.25) is 0 Å². The van der Waals surface area contributed by atoms with Crippen LogP contribution in [0.15, 0.2) is 18.2 Å². The molecule has 0 aliphatic rings. The summed E-state index contributed by atoms with van der Waals surface area (Å²) in [6.07, 6.45) is -4.60. The Labute approximate surface area is 94.1 Å². The molecule has 2 aromatic rings. The van der Waals surface area contributed by atoms with Gasteiger partial charge in [-0.05, 0) is 24.6 Å². The summed E-state index contributed by atoms with van der Waals surface area (Å²) in [4.78, 5) is 3.42. The molecular formula is C11H8F4N2. The summed E-state index contributed by atoms with van der Waals surface area (Å²) in [6, 6.07) is 3.16. The Balaban J connectivity index is 2.87. The summed E-state index contributed by atoms with van der Waals surface area (Å²) < 4.78 is 51.0. The van der Waals surface area contributed by atoms with Crippen molar-refractivity contribution >= 4 is 16.6 Å². The molecule has 2 nitrogen and oxygen atoms in total. The van der Waals surface area contributed by atoms with Gasteiger partial charge in [-0.25, -0.2) is 9.37 Å². The average Bonchev–Trinajstić information content (AvgIpc) is 2.21. The second-order valence-electron chi connectivity index (χ2n) is 3.68. The lowest BCUT2D eigenvalue weighted by atomic mass is 10.1. The van der Waals surface area contributed by atoms with Gasteiger partial charge in [-0.1, -0.05) is 6.07 Å². The number of benzene rings is 1. The van der Waals surface area contributed by atoms with Gasteiger partial charge in [0.2, 0.25) is 0 Å². The van der Waals surface area contributed by atoms with Crippen molar-refractivity contribution in [1.82, 2.24) is 4.98 Å². The highest BCUT2D eigenvalue weighted by atomic mass is 19.4. The Morgan fingerprint density at radius 1 is 1.24 bits per heavy atom. The minimum atomic E-state index is -4.60. The molecule has 0 spiro atoms. The zero-order valence-corrected chi connectivity index (χ0v) is 8.77. The highest BCUT2D eigenvalue weighted by Gasteiger charge is 2.33. The first-order chi connectivity index (χ1) is 7.80. The maximum atomic E-state index is 13.5. The van der Waals surface area contributed by atoms with E-state index < -0.39 is 17.7 Å². The summed E-state index contributed by atoms with van der Waals surface area (Å²) in [5, 5.41) is -0.0713. The molecule has 0 radical (unpaired) electrons. The van der Waals surface area contributed by atoms with Crippen LogP contribution in [0.25, 0.3) is 10.9 Å². The molecule has 0 atom stereocenters. The Bertz CT molecular complexity index is 590. The number of hydrogen-bond acceptors (Lipinski definition) is 2. The lowest BCUT2D eigenvalue weighted by molar-refractivity contribution is -0.140. The predicted molar refractivity (Wildman–Crippen MR) is 55.9 cm³/mol. The number of aryl methyl sites for hydroxylation is 1. The van der Waals surface area contributed by atoms with Gasteiger partial charge in [0.1, 0.15) is 11.5 Å². The standard InChI is InChI=1S/C11H8F4N2/c1-5-2-3-6(12)9-7(16)4-8(11(13,14)15)17-10(5)9/h2-4H,1H3,(H2,16,17). The minimum absolute atomic E-state index is 0.0580. The number of nitrogens with zero attached hydrogens (tertiary/aromatic N) is 1. The fourth-order valence-corrected chi connectivity index (χ4v) is 1.61. The number of fused-ring (bicyclic) bond motifs is 1. The van der Waals surface area contributed by atoms with Gasteiger partial charge in [0.05, 0.1) is 10.9 Å². The average molecular weight is 244 g/mol. The SMILES string of the molecule is Cc1ccc(F)c2c(N)cc(C(F)(F)F)nc12. The number of rotatable bonds is 0. The largest absolute Gasteiger partial charge is 0.433 e. The summed E-state index contributed by atoms with van der Waals surface area (Å²) in [5.41, 5.74) is 4.45. The third kappa shape index (κ3) is 1.90. The van der Waals surface area contributed by atoms with Crippen LogP contribution in [0.4, 0.5) is 23.2 Å². The van der Waals surface area contributed by atoms with Crippen molar-refractivity contribution in [3.63, 3.8) is 0 Å². The number of pyridine rings is 1. The van der Waals surface area contributed by atoms with Crippen LogP contribution in [-0.2, 0) is 6.18 Å². The molecule has 0 amide bonds. The van der Waals surface area contributed by atoms with E-state index in [1.807, 2.05) is 0 Å². The van der Waals surface area contributed by atoms with E-state index in [1.54, 1.807) is 6.92 Å². The second kappa shape index (κ2) is 3.58. The molecule has 0 fully saturated rings. The number of hydrogen-bond donors (Lipinski definition) is 1. The number of aromatic nitrogens is 1. The first-order valence-corrected chi connectivity index (χ1v) is 4.73. The van der Waals surface area contributed by atoms with E-state index in [1.165, 1.54) is 6.07 Å². The van der Waals surface area contributed by atoms with Crippen molar-refractivity contribution in [2.24, 2.45) is 0 Å². The molecule has 1 aromatic carbocycles. The van der Waals surface area contributed by atoms with Crippen LogP contribution in [0, 0.1) is 12.7 Å². The molecule has 0 unspecified atom stereocenters. The van der Waals surface area contributed by atoms with E-state index in [0.29, 0.717) is 11.6 Å². The first kappa shape index (κ1) is 11.6. The Kier molecular flexibility index (Phi) is 2.45. The second-order valence-corrected chi connectivity index (χ2v) is 3.68. The highest BCUT2D eigenvalue weighted by molar-refractivity contribution is 5.92. The summed E-state index contributed by atoms with van der Waals surface area (Å²) in [6.45, 7) is 1.55. The molecule has 1 aromatic heterocycles. The summed E-state index contributed by atoms with van der Waals surface area (Å²) in [5.74, 6) is -0.677. The molecule has 0 saturated heterocycles. The topological polar surface area (TPSA) is 38.9 Å². The molecule has 0 aliphatic heterocycles. The molecule has 0 aliphatic carbocycles. The molecule has 2 N–H and O–H groups in total. The maximum Gasteiger partial charge on any atom is 0.433 e. The lowest BCUT2D eigenvalue weighted by Gasteiger charge is -2.11. The predicted octanol–water partition coefficient (Wildman–Crippen LogP) is 3.28. The Morgan fingerprint density at radius 3 is 2.47 bits per heavy atom. The zero-order chi connectivity index (χ0) is 12.8. The molecule has 2 rings (SSSR count). The van der Waals surface area contributed by atoms with Gasteiger partial charge < -0.3 is 5.73 Å². The molecule has 17 heavy (non-hydrogen) atoms. The fourth-order valence-electron chi connectivity index (χ4n) is 1.61. The van der Waals surface area contributed by atoms with Gasteiger partial charge in [0.25, 0.3) is 0 Å². The van der Waals surface area contributed by atoms with Crippen molar-refractivity contribution < 1.29 is 17.6 Å². The van der Waals surface area contributed by atoms with Gasteiger partial charge in [0.15, 0.2) is 0 Å². The number of nitrogens with two attached hydrogens (primary N) is 1. The third-order valence-corrected chi connectivity index (χ3v) is 2.43. The van der Waals surface area contributed by atoms with Crippen molar-refractivity contribution in [2.75, 3.05) is 5.73 Å². The monoisotopic (exact) mass is 244 g/mol. The maximum absolute atomic E-state index is 13.5. The van der Waals surface area contributed by atoms with E-state index in [9.17, 15) is 17.6 Å². The van der Waals surface area contributed by atoms with E-state index in [4.69, 9.17) is 5.73 Å². The number of nitrogen functional groups attached to an aromatic ring is 1. The van der Waals surface area contributed by atoms with Crippen molar-refractivity contribution in [3.8, 4) is 0 Å². The molecule has 0 saturated carbocycles. The number of anilines is 1. The van der Waals surface area contributed by atoms with Crippen LogP contribution >= 0.6 is 0 Å². The summed E-state index contributed by atoms with van der Waals surface area (Å²) in [7, 11) is 0. The van der Waals surface area contributed by atoms with Gasteiger partial charge in [-0.15, -0.1) is 0 Å².